The highest BCUT2D eigenvalue weighted by atomic mass is 19.2. The van der Waals surface area contributed by atoms with E-state index in [1.54, 1.807) is 4.90 Å². The molecule has 0 spiro atoms. The summed E-state index contributed by atoms with van der Waals surface area (Å²) in [6.07, 6.45) is 1.93. The minimum absolute atomic E-state index is 0.0112. The number of amides is 1. The lowest BCUT2D eigenvalue weighted by atomic mass is 10.3. The van der Waals surface area contributed by atoms with Crippen molar-refractivity contribution in [3.8, 4) is 0 Å². The number of carbonyl (C=O) groups is 1. The average molecular weight is 280 g/mol. The molecular weight excluding hydrogens is 266 g/mol. The molecule has 106 valence electrons. The van der Waals surface area contributed by atoms with Crippen molar-refractivity contribution >= 4 is 22.9 Å². The zero-order valence-electron chi connectivity index (χ0n) is 10.8. The summed E-state index contributed by atoms with van der Waals surface area (Å²) in [5.41, 5.74) is 5.90. The second kappa shape index (κ2) is 4.73. The van der Waals surface area contributed by atoms with Crippen LogP contribution in [0.15, 0.2) is 12.1 Å². The van der Waals surface area contributed by atoms with Gasteiger partial charge < -0.3 is 10.6 Å². The fraction of sp³-hybridized carbons (Fsp3) is 0.385. The molecule has 0 aliphatic carbocycles. The topological polar surface area (TPSA) is 64.1 Å². The van der Waals surface area contributed by atoms with Crippen molar-refractivity contribution in [1.82, 2.24) is 14.5 Å². The molecule has 1 aliphatic rings. The smallest absolute Gasteiger partial charge is 0.242 e. The SMILES string of the molecule is Nc1nc2ccc(F)c(F)c2n1CC(=O)N1CCCC1. The molecule has 2 aromatic rings. The quantitative estimate of drug-likeness (QED) is 0.907. The van der Waals surface area contributed by atoms with Gasteiger partial charge in [-0.1, -0.05) is 0 Å². The van der Waals surface area contributed by atoms with Gasteiger partial charge in [0.2, 0.25) is 11.9 Å². The van der Waals surface area contributed by atoms with Gasteiger partial charge in [0.25, 0.3) is 0 Å². The van der Waals surface area contributed by atoms with E-state index in [1.165, 1.54) is 10.6 Å². The summed E-state index contributed by atoms with van der Waals surface area (Å²) in [7, 11) is 0. The highest BCUT2D eigenvalue weighted by molar-refractivity contribution is 5.83. The number of hydrogen-bond acceptors (Lipinski definition) is 3. The number of anilines is 1. The van der Waals surface area contributed by atoms with Gasteiger partial charge in [0.05, 0.1) is 5.52 Å². The number of imidazole rings is 1. The third-order valence-corrected chi connectivity index (χ3v) is 3.58. The Bertz CT molecular complexity index is 677. The Morgan fingerprint density at radius 3 is 2.70 bits per heavy atom. The molecule has 7 heteroatoms. The van der Waals surface area contributed by atoms with E-state index in [0.29, 0.717) is 13.1 Å². The first kappa shape index (κ1) is 12.8. The molecule has 1 amide bonds. The minimum atomic E-state index is -1.03. The Kier molecular flexibility index (Phi) is 3.04. The molecule has 20 heavy (non-hydrogen) atoms. The molecule has 0 radical (unpaired) electrons. The molecule has 0 unspecified atom stereocenters. The van der Waals surface area contributed by atoms with E-state index in [1.807, 2.05) is 0 Å². The van der Waals surface area contributed by atoms with Crippen LogP contribution in [0.5, 0.6) is 0 Å². The summed E-state index contributed by atoms with van der Waals surface area (Å²) in [5, 5.41) is 0. The summed E-state index contributed by atoms with van der Waals surface area (Å²) < 4.78 is 28.4. The normalized spacial score (nSPS) is 15.2. The molecule has 1 aliphatic heterocycles. The number of aromatic nitrogens is 2. The lowest BCUT2D eigenvalue weighted by Gasteiger charge is -2.16. The van der Waals surface area contributed by atoms with Crippen LogP contribution in [-0.4, -0.2) is 33.4 Å². The first-order valence-electron chi connectivity index (χ1n) is 6.45. The Hall–Kier alpha value is -2.18. The largest absolute Gasteiger partial charge is 0.369 e. The molecule has 2 N–H and O–H groups in total. The predicted molar refractivity (Wildman–Crippen MR) is 69.9 cm³/mol. The molecule has 0 bridgehead atoms. The number of hydrogen-bond donors (Lipinski definition) is 1. The van der Waals surface area contributed by atoms with E-state index in [-0.39, 0.29) is 29.4 Å². The van der Waals surface area contributed by atoms with Crippen molar-refractivity contribution in [2.75, 3.05) is 18.8 Å². The summed E-state index contributed by atoms with van der Waals surface area (Å²) in [4.78, 5) is 17.8. The second-order valence-corrected chi connectivity index (χ2v) is 4.87. The number of benzene rings is 1. The van der Waals surface area contributed by atoms with Crippen LogP contribution in [0.4, 0.5) is 14.7 Å². The van der Waals surface area contributed by atoms with Gasteiger partial charge in [-0.3, -0.25) is 9.36 Å². The van der Waals surface area contributed by atoms with Crippen molar-refractivity contribution in [3.63, 3.8) is 0 Å². The highest BCUT2D eigenvalue weighted by Gasteiger charge is 2.22. The van der Waals surface area contributed by atoms with Crippen molar-refractivity contribution in [2.45, 2.75) is 19.4 Å². The summed E-state index contributed by atoms with van der Waals surface area (Å²) in [6.45, 7) is 1.27. The number of rotatable bonds is 2. The van der Waals surface area contributed by atoms with Crippen LogP contribution >= 0.6 is 0 Å². The maximum atomic E-state index is 13.9. The minimum Gasteiger partial charge on any atom is -0.369 e. The van der Waals surface area contributed by atoms with E-state index in [4.69, 9.17) is 5.73 Å². The molecule has 1 fully saturated rings. The Morgan fingerprint density at radius 1 is 1.30 bits per heavy atom. The molecule has 2 heterocycles. The second-order valence-electron chi connectivity index (χ2n) is 4.87. The van der Waals surface area contributed by atoms with E-state index >= 15 is 0 Å². The third kappa shape index (κ3) is 1.99. The van der Waals surface area contributed by atoms with Crippen LogP contribution in [0.2, 0.25) is 0 Å². The number of nitrogens with zero attached hydrogens (tertiary/aromatic N) is 3. The van der Waals surface area contributed by atoms with Gasteiger partial charge in [0.1, 0.15) is 12.1 Å². The van der Waals surface area contributed by atoms with E-state index in [9.17, 15) is 13.6 Å². The lowest BCUT2D eigenvalue weighted by Crippen LogP contribution is -2.31. The van der Waals surface area contributed by atoms with Gasteiger partial charge in [-0.2, -0.15) is 0 Å². The van der Waals surface area contributed by atoms with Crippen molar-refractivity contribution < 1.29 is 13.6 Å². The van der Waals surface area contributed by atoms with Gasteiger partial charge in [-0.25, -0.2) is 13.8 Å². The van der Waals surface area contributed by atoms with Gasteiger partial charge in [0.15, 0.2) is 11.6 Å². The highest BCUT2D eigenvalue weighted by Crippen LogP contribution is 2.23. The zero-order valence-corrected chi connectivity index (χ0v) is 10.8. The van der Waals surface area contributed by atoms with Crippen LogP contribution in [0, 0.1) is 11.6 Å². The monoisotopic (exact) mass is 280 g/mol. The van der Waals surface area contributed by atoms with E-state index < -0.39 is 11.6 Å². The maximum Gasteiger partial charge on any atom is 0.242 e. The Balaban J connectivity index is 2.00. The van der Waals surface area contributed by atoms with Crippen molar-refractivity contribution in [1.29, 1.82) is 0 Å². The van der Waals surface area contributed by atoms with Gasteiger partial charge in [-0.15, -0.1) is 0 Å². The first-order chi connectivity index (χ1) is 9.58. The fourth-order valence-electron chi connectivity index (χ4n) is 2.54. The number of nitrogen functional groups attached to an aromatic ring is 1. The van der Waals surface area contributed by atoms with Crippen LogP contribution in [0.3, 0.4) is 0 Å². The molecule has 5 nitrogen and oxygen atoms in total. The number of carbonyl (C=O) groups excluding carboxylic acids is 1. The van der Waals surface area contributed by atoms with Crippen LogP contribution in [0.25, 0.3) is 11.0 Å². The summed E-state index contributed by atoms with van der Waals surface area (Å²) in [6, 6.07) is 2.34. The molecule has 1 aromatic carbocycles. The molecule has 1 aromatic heterocycles. The first-order valence-corrected chi connectivity index (χ1v) is 6.45. The molecule has 3 rings (SSSR count). The maximum absolute atomic E-state index is 13.9. The van der Waals surface area contributed by atoms with Crippen LogP contribution in [0.1, 0.15) is 12.8 Å². The lowest BCUT2D eigenvalue weighted by molar-refractivity contribution is -0.130. The number of nitrogens with two attached hydrogens (primary N) is 1. The molecule has 1 saturated heterocycles. The predicted octanol–water partition coefficient (Wildman–Crippen LogP) is 1.52. The third-order valence-electron chi connectivity index (χ3n) is 3.58. The fourth-order valence-corrected chi connectivity index (χ4v) is 2.54. The van der Waals surface area contributed by atoms with E-state index in [2.05, 4.69) is 4.98 Å². The number of fused-ring (bicyclic) bond motifs is 1. The van der Waals surface area contributed by atoms with Crippen molar-refractivity contribution in [2.24, 2.45) is 0 Å². The Labute approximate surface area is 114 Å². The van der Waals surface area contributed by atoms with Gasteiger partial charge >= 0.3 is 0 Å². The number of halogens is 2. The Morgan fingerprint density at radius 2 is 2.00 bits per heavy atom. The van der Waals surface area contributed by atoms with E-state index in [0.717, 1.165) is 18.9 Å². The van der Waals surface area contributed by atoms with Crippen LogP contribution < -0.4 is 5.73 Å². The molecular formula is C13H14F2N4O. The zero-order chi connectivity index (χ0) is 14.3. The summed E-state index contributed by atoms with van der Waals surface area (Å²) in [5.74, 6) is -2.15. The molecule has 0 saturated carbocycles. The summed E-state index contributed by atoms with van der Waals surface area (Å²) >= 11 is 0. The molecule has 0 atom stereocenters. The van der Waals surface area contributed by atoms with Crippen molar-refractivity contribution in [3.05, 3.63) is 23.8 Å². The average Bonchev–Trinajstić information content (AvgIpc) is 3.04. The number of likely N-dealkylation sites (tertiary alicyclic amines) is 1. The van der Waals surface area contributed by atoms with Gasteiger partial charge in [0, 0.05) is 13.1 Å². The van der Waals surface area contributed by atoms with Gasteiger partial charge in [-0.05, 0) is 25.0 Å². The van der Waals surface area contributed by atoms with Crippen LogP contribution in [-0.2, 0) is 11.3 Å². The standard InChI is InChI=1S/C13H14F2N4O/c14-8-3-4-9-12(11(8)15)19(13(16)17-9)7-10(20)18-5-1-2-6-18/h3-4H,1-2,5-7H2,(H2,16,17).